The van der Waals surface area contributed by atoms with E-state index in [9.17, 15) is 14.9 Å². The molecule has 0 aliphatic heterocycles. The number of amides is 1. The summed E-state index contributed by atoms with van der Waals surface area (Å²) in [4.78, 5) is 22.3. The average molecular weight is 380 g/mol. The number of aryl methyl sites for hydroxylation is 1. The molecule has 1 amide bonds. The van der Waals surface area contributed by atoms with Gasteiger partial charge in [-0.2, -0.15) is 0 Å². The first-order chi connectivity index (χ1) is 13.0. The number of nitrogens with one attached hydrogen (secondary N) is 1. The molecule has 27 heavy (non-hydrogen) atoms. The van der Waals surface area contributed by atoms with E-state index in [0.717, 1.165) is 11.3 Å². The molecule has 7 nitrogen and oxygen atoms in total. The average Bonchev–Trinajstić information content (AvgIpc) is 2.68. The minimum Gasteiger partial charge on any atom is -0.325 e. The van der Waals surface area contributed by atoms with E-state index < -0.39 is 4.92 Å². The molecule has 0 unspecified atom stereocenters. The maximum absolute atomic E-state index is 12.0. The molecule has 0 spiro atoms. The lowest BCUT2D eigenvalue weighted by molar-refractivity contribution is -0.384. The predicted octanol–water partition coefficient (Wildman–Crippen LogP) is 4.09. The Morgan fingerprint density at radius 2 is 1.89 bits per heavy atom. The minimum atomic E-state index is -0.504. The number of hydrogen-bond acceptors (Lipinski definition) is 6. The molecule has 1 heterocycles. The molecule has 8 heteroatoms. The number of hydrogen-bond donors (Lipinski definition) is 1. The lowest BCUT2D eigenvalue weighted by atomic mass is 10.1. The number of non-ortho nitro benzene ring substituents is 1. The van der Waals surface area contributed by atoms with Gasteiger partial charge < -0.3 is 5.32 Å². The molecule has 0 aliphatic carbocycles. The predicted molar refractivity (Wildman–Crippen MR) is 105 cm³/mol. The SMILES string of the molecule is Cc1ccc(-c2ccc(SCC(=O)Nc3cccc([N+](=O)[O-])c3)nn2)cc1. The van der Waals surface area contributed by atoms with E-state index in [2.05, 4.69) is 15.5 Å². The van der Waals surface area contributed by atoms with Crippen LogP contribution in [-0.2, 0) is 4.79 Å². The molecule has 0 saturated carbocycles. The van der Waals surface area contributed by atoms with Crippen LogP contribution in [0.3, 0.4) is 0 Å². The van der Waals surface area contributed by atoms with Crippen molar-refractivity contribution in [1.29, 1.82) is 0 Å². The molecule has 0 bridgehead atoms. The number of benzene rings is 2. The van der Waals surface area contributed by atoms with Crippen molar-refractivity contribution in [3.05, 3.63) is 76.3 Å². The second-order valence-corrected chi connectivity index (χ2v) is 6.76. The molecule has 0 fully saturated rings. The van der Waals surface area contributed by atoms with E-state index in [1.807, 2.05) is 43.3 Å². The van der Waals surface area contributed by atoms with Crippen molar-refractivity contribution in [3.8, 4) is 11.3 Å². The van der Waals surface area contributed by atoms with Gasteiger partial charge >= 0.3 is 0 Å². The quantitative estimate of drug-likeness (QED) is 0.393. The Morgan fingerprint density at radius 3 is 2.56 bits per heavy atom. The van der Waals surface area contributed by atoms with Gasteiger partial charge in [-0.15, -0.1) is 10.2 Å². The summed E-state index contributed by atoms with van der Waals surface area (Å²) in [5.74, 6) is -0.147. The summed E-state index contributed by atoms with van der Waals surface area (Å²) in [6.07, 6.45) is 0. The number of nitro groups is 1. The highest BCUT2D eigenvalue weighted by molar-refractivity contribution is 7.99. The highest BCUT2D eigenvalue weighted by Gasteiger charge is 2.09. The summed E-state index contributed by atoms with van der Waals surface area (Å²) >= 11 is 1.25. The lowest BCUT2D eigenvalue weighted by Crippen LogP contribution is -2.14. The van der Waals surface area contributed by atoms with Crippen molar-refractivity contribution in [1.82, 2.24) is 10.2 Å². The van der Waals surface area contributed by atoms with Crippen LogP contribution in [0.5, 0.6) is 0 Å². The van der Waals surface area contributed by atoms with Gasteiger partial charge in [0.1, 0.15) is 5.03 Å². The van der Waals surface area contributed by atoms with Crippen LogP contribution in [0.25, 0.3) is 11.3 Å². The third-order valence-electron chi connectivity index (χ3n) is 3.68. The third-order valence-corrected chi connectivity index (χ3v) is 4.60. The molecule has 0 aliphatic rings. The normalized spacial score (nSPS) is 10.4. The number of anilines is 1. The molecular formula is C19H16N4O3S. The first-order valence-electron chi connectivity index (χ1n) is 8.09. The topological polar surface area (TPSA) is 98.0 Å². The van der Waals surface area contributed by atoms with Crippen molar-refractivity contribution < 1.29 is 9.72 Å². The van der Waals surface area contributed by atoms with E-state index >= 15 is 0 Å². The first-order valence-corrected chi connectivity index (χ1v) is 9.08. The van der Waals surface area contributed by atoms with Gasteiger partial charge in [0.15, 0.2) is 0 Å². The number of rotatable bonds is 6. The number of carbonyl (C=O) groups is 1. The van der Waals surface area contributed by atoms with E-state index in [1.165, 1.54) is 35.5 Å². The minimum absolute atomic E-state index is 0.0713. The van der Waals surface area contributed by atoms with Gasteiger partial charge in [0.2, 0.25) is 5.91 Å². The number of thioether (sulfide) groups is 1. The molecule has 3 aromatic rings. The highest BCUT2D eigenvalue weighted by Crippen LogP contribution is 2.21. The van der Waals surface area contributed by atoms with Crippen LogP contribution in [0, 0.1) is 17.0 Å². The van der Waals surface area contributed by atoms with Gasteiger partial charge in [-0.1, -0.05) is 47.7 Å². The van der Waals surface area contributed by atoms with Gasteiger partial charge in [0.25, 0.3) is 5.69 Å². The zero-order valence-corrected chi connectivity index (χ0v) is 15.3. The Balaban J connectivity index is 1.56. The smallest absolute Gasteiger partial charge is 0.271 e. The largest absolute Gasteiger partial charge is 0.325 e. The lowest BCUT2D eigenvalue weighted by Gasteiger charge is -2.05. The molecule has 136 valence electrons. The monoisotopic (exact) mass is 380 g/mol. The Hall–Kier alpha value is -3.26. The summed E-state index contributed by atoms with van der Waals surface area (Å²) < 4.78 is 0. The maximum Gasteiger partial charge on any atom is 0.271 e. The van der Waals surface area contributed by atoms with E-state index in [-0.39, 0.29) is 17.3 Å². The Labute approximate surface area is 160 Å². The van der Waals surface area contributed by atoms with Crippen LogP contribution in [0.2, 0.25) is 0 Å². The first kappa shape index (κ1) is 18.5. The van der Waals surface area contributed by atoms with Crippen molar-refractivity contribution in [2.24, 2.45) is 0 Å². The van der Waals surface area contributed by atoms with Gasteiger partial charge in [-0.3, -0.25) is 14.9 Å². The number of nitro benzene ring substituents is 1. The van der Waals surface area contributed by atoms with Crippen molar-refractivity contribution in [2.45, 2.75) is 11.9 Å². The fourth-order valence-electron chi connectivity index (χ4n) is 2.31. The molecule has 1 aromatic heterocycles. The maximum atomic E-state index is 12.0. The zero-order chi connectivity index (χ0) is 19.2. The van der Waals surface area contributed by atoms with Crippen LogP contribution in [0.15, 0.2) is 65.7 Å². The van der Waals surface area contributed by atoms with E-state index in [1.54, 1.807) is 6.07 Å². The second-order valence-electron chi connectivity index (χ2n) is 5.77. The standard InChI is InChI=1S/C19H16N4O3S/c1-13-5-7-14(8-6-13)17-9-10-19(22-21-17)27-12-18(24)20-15-3-2-4-16(11-15)23(25)26/h2-11H,12H2,1H3,(H,20,24). The van der Waals surface area contributed by atoms with Crippen LogP contribution in [0.1, 0.15) is 5.56 Å². The van der Waals surface area contributed by atoms with Gasteiger partial charge in [-0.05, 0) is 25.1 Å². The summed E-state index contributed by atoms with van der Waals surface area (Å²) in [7, 11) is 0. The Kier molecular flexibility index (Phi) is 5.77. The Morgan fingerprint density at radius 1 is 1.11 bits per heavy atom. The molecule has 0 saturated heterocycles. The fourth-order valence-corrected chi connectivity index (χ4v) is 2.92. The van der Waals surface area contributed by atoms with Crippen LogP contribution >= 0.6 is 11.8 Å². The van der Waals surface area contributed by atoms with Crippen LogP contribution in [0.4, 0.5) is 11.4 Å². The Bertz CT molecular complexity index is 959. The third kappa shape index (κ3) is 5.11. The fraction of sp³-hybridized carbons (Fsp3) is 0.105. The van der Waals surface area contributed by atoms with Crippen LogP contribution in [-0.4, -0.2) is 26.8 Å². The molecule has 1 N–H and O–H groups in total. The van der Waals surface area contributed by atoms with Gasteiger partial charge in [0.05, 0.1) is 16.4 Å². The van der Waals surface area contributed by atoms with Crippen molar-refractivity contribution in [2.75, 3.05) is 11.1 Å². The van der Waals surface area contributed by atoms with Crippen LogP contribution < -0.4 is 5.32 Å². The van der Waals surface area contributed by atoms with Gasteiger partial charge in [-0.25, -0.2) is 0 Å². The number of nitrogens with zero attached hydrogens (tertiary/aromatic N) is 3. The highest BCUT2D eigenvalue weighted by atomic mass is 32.2. The number of aromatic nitrogens is 2. The molecule has 0 atom stereocenters. The summed E-state index contributed by atoms with van der Waals surface area (Å²) in [6, 6.07) is 17.5. The second kappa shape index (κ2) is 8.41. The van der Waals surface area contributed by atoms with E-state index in [0.29, 0.717) is 10.7 Å². The van der Waals surface area contributed by atoms with Crippen molar-refractivity contribution >= 4 is 29.0 Å². The summed E-state index contributed by atoms with van der Waals surface area (Å²) in [5.41, 5.74) is 3.23. The molecular weight excluding hydrogens is 364 g/mol. The molecule has 3 rings (SSSR count). The number of carbonyl (C=O) groups excluding carboxylic acids is 1. The molecule has 2 aromatic carbocycles. The van der Waals surface area contributed by atoms with Crippen molar-refractivity contribution in [3.63, 3.8) is 0 Å². The molecule has 0 radical (unpaired) electrons. The summed E-state index contributed by atoms with van der Waals surface area (Å²) in [5, 5.41) is 22.4. The summed E-state index contributed by atoms with van der Waals surface area (Å²) in [6.45, 7) is 2.02. The van der Waals surface area contributed by atoms with E-state index in [4.69, 9.17) is 0 Å². The zero-order valence-electron chi connectivity index (χ0n) is 14.5. The van der Waals surface area contributed by atoms with Gasteiger partial charge in [0, 0.05) is 23.4 Å².